The van der Waals surface area contributed by atoms with Crippen LogP contribution in [0.5, 0.6) is 0 Å². The molecule has 0 N–H and O–H groups in total. The topological polar surface area (TPSA) is 73.2 Å². The zero-order chi connectivity index (χ0) is 11.3. The first-order valence-corrected chi connectivity index (χ1v) is 8.00. The van der Waals surface area contributed by atoms with Gasteiger partial charge >= 0.3 is 0 Å². The number of nitrogens with zero attached hydrogens (tertiary/aromatic N) is 1. The highest BCUT2D eigenvalue weighted by Gasteiger charge is 2.37. The molecule has 2 rings (SSSR count). The van der Waals surface area contributed by atoms with Gasteiger partial charge in [-0.1, -0.05) is 0 Å². The molecule has 0 spiro atoms. The van der Waals surface area contributed by atoms with Crippen LogP contribution in [-0.2, 0) is 19.1 Å². The molecule has 0 atom stereocenters. The molecule has 15 heavy (non-hydrogen) atoms. The van der Waals surface area contributed by atoms with Crippen LogP contribution in [0.4, 0.5) is 0 Å². The lowest BCUT2D eigenvalue weighted by molar-refractivity contribution is 0.586. The second kappa shape index (κ2) is 3.23. The van der Waals surface area contributed by atoms with Crippen molar-refractivity contribution in [3.05, 3.63) is 18.5 Å². The Balaban J connectivity index is 2.44. The Morgan fingerprint density at radius 3 is 2.27 bits per heavy atom. The minimum atomic E-state index is -3.86. The van der Waals surface area contributed by atoms with E-state index in [2.05, 4.69) is 0 Å². The quantitative estimate of drug-likeness (QED) is 0.759. The highest BCUT2D eigenvalue weighted by Crippen LogP contribution is 2.30. The van der Waals surface area contributed by atoms with Crippen molar-refractivity contribution in [2.24, 2.45) is 0 Å². The fourth-order valence-electron chi connectivity index (χ4n) is 1.20. The largest absolute Gasteiger partial charge is 0.262 e. The van der Waals surface area contributed by atoms with Crippen LogP contribution in [0.1, 0.15) is 12.8 Å². The predicted octanol–water partition coefficient (Wildman–Crippen LogP) is 0.756. The van der Waals surface area contributed by atoms with E-state index in [1.165, 1.54) is 12.3 Å². The van der Waals surface area contributed by atoms with E-state index in [0.29, 0.717) is 12.8 Å². The molecule has 0 saturated heterocycles. The van der Waals surface area contributed by atoms with Crippen LogP contribution in [0.3, 0.4) is 0 Å². The second-order valence-corrected chi connectivity index (χ2v) is 8.04. The third-order valence-electron chi connectivity index (χ3n) is 2.16. The van der Waals surface area contributed by atoms with Crippen molar-refractivity contribution in [2.75, 3.05) is 0 Å². The fraction of sp³-hybridized carbons (Fsp3) is 0.429. The van der Waals surface area contributed by atoms with Crippen LogP contribution in [-0.4, -0.2) is 26.1 Å². The van der Waals surface area contributed by atoms with E-state index >= 15 is 0 Å². The maximum Gasteiger partial charge on any atom is 0.262 e. The van der Waals surface area contributed by atoms with E-state index in [1.54, 1.807) is 0 Å². The molecule has 1 heterocycles. The smallest absolute Gasteiger partial charge is 0.251 e. The lowest BCUT2D eigenvalue weighted by Gasteiger charge is -2.01. The molecule has 5 nitrogen and oxygen atoms in total. The predicted molar refractivity (Wildman–Crippen MR) is 54.8 cm³/mol. The van der Waals surface area contributed by atoms with E-state index in [-0.39, 0.29) is 10.1 Å². The van der Waals surface area contributed by atoms with Gasteiger partial charge in [0.05, 0.1) is 5.25 Å². The average molecular weight is 270 g/mol. The zero-order valence-corrected chi connectivity index (χ0v) is 9.89. The first-order valence-electron chi connectivity index (χ1n) is 4.19. The Kier molecular flexibility index (Phi) is 2.36. The number of rotatable bonds is 3. The average Bonchev–Trinajstić information content (AvgIpc) is 2.80. The molecule has 1 aromatic heterocycles. The molecule has 1 aliphatic rings. The van der Waals surface area contributed by atoms with Crippen LogP contribution < -0.4 is 0 Å². The van der Waals surface area contributed by atoms with E-state index in [1.807, 2.05) is 0 Å². The maximum absolute atomic E-state index is 11.7. The van der Waals surface area contributed by atoms with Crippen LogP contribution in [0.2, 0.25) is 0 Å². The van der Waals surface area contributed by atoms with Crippen molar-refractivity contribution in [1.82, 2.24) is 3.97 Å². The summed E-state index contributed by atoms with van der Waals surface area (Å²) in [6.45, 7) is 0. The van der Waals surface area contributed by atoms with Gasteiger partial charge in [0.1, 0.15) is 4.90 Å². The van der Waals surface area contributed by atoms with Gasteiger partial charge in [-0.05, 0) is 18.9 Å². The Morgan fingerprint density at radius 1 is 1.27 bits per heavy atom. The van der Waals surface area contributed by atoms with Crippen LogP contribution in [0.25, 0.3) is 0 Å². The highest BCUT2D eigenvalue weighted by molar-refractivity contribution is 8.13. The SMILES string of the molecule is O=S(=O)(Cl)c1ccn(S(=O)(=O)C2CC2)c1. The van der Waals surface area contributed by atoms with E-state index < -0.39 is 19.1 Å². The van der Waals surface area contributed by atoms with Crippen molar-refractivity contribution in [3.8, 4) is 0 Å². The van der Waals surface area contributed by atoms with Gasteiger partial charge in [0.25, 0.3) is 9.05 Å². The van der Waals surface area contributed by atoms with E-state index in [0.717, 1.165) is 10.2 Å². The number of halogens is 1. The molecule has 8 heteroatoms. The molecular formula is C7H8ClNO4S2. The van der Waals surface area contributed by atoms with Crippen molar-refractivity contribution in [3.63, 3.8) is 0 Å². The van der Waals surface area contributed by atoms with Gasteiger partial charge in [-0.25, -0.2) is 16.8 Å². The number of hydrogen-bond donors (Lipinski definition) is 0. The molecule has 0 bridgehead atoms. The van der Waals surface area contributed by atoms with Crippen molar-refractivity contribution in [2.45, 2.75) is 23.0 Å². The van der Waals surface area contributed by atoms with Gasteiger partial charge in [-0.15, -0.1) is 0 Å². The highest BCUT2D eigenvalue weighted by atomic mass is 35.7. The lowest BCUT2D eigenvalue weighted by Crippen LogP contribution is -2.15. The third kappa shape index (κ3) is 2.04. The molecule has 84 valence electrons. The Morgan fingerprint density at radius 2 is 1.87 bits per heavy atom. The molecule has 0 amide bonds. The van der Waals surface area contributed by atoms with Gasteiger partial charge < -0.3 is 0 Å². The minimum Gasteiger partial charge on any atom is -0.251 e. The van der Waals surface area contributed by atoms with Gasteiger partial charge in [-0.3, -0.25) is 3.97 Å². The molecule has 1 aliphatic carbocycles. The summed E-state index contributed by atoms with van der Waals surface area (Å²) < 4.78 is 46.1. The third-order valence-corrected chi connectivity index (χ3v) is 5.63. The standard InChI is InChI=1S/C7H8ClNO4S2/c8-14(10,11)7-3-4-9(5-7)15(12,13)6-1-2-6/h3-6H,1-2H2. The molecule has 0 aromatic carbocycles. The van der Waals surface area contributed by atoms with Crippen LogP contribution in [0, 0.1) is 0 Å². The molecular weight excluding hydrogens is 262 g/mol. The summed E-state index contributed by atoms with van der Waals surface area (Å²) in [5, 5.41) is -0.379. The normalized spacial score (nSPS) is 17.9. The number of aromatic nitrogens is 1. The molecule has 1 aromatic rings. The Labute approximate surface area is 92.1 Å². The molecule has 1 saturated carbocycles. The molecule has 0 aliphatic heterocycles. The summed E-state index contributed by atoms with van der Waals surface area (Å²) in [6.07, 6.45) is 3.48. The first-order chi connectivity index (χ1) is 6.82. The van der Waals surface area contributed by atoms with Gasteiger partial charge in [-0.2, -0.15) is 0 Å². The number of hydrogen-bond acceptors (Lipinski definition) is 4. The summed E-state index contributed by atoms with van der Waals surface area (Å²) in [5.41, 5.74) is 0. The Bertz CT molecular complexity index is 582. The summed E-state index contributed by atoms with van der Waals surface area (Å²) in [4.78, 5) is -0.201. The zero-order valence-electron chi connectivity index (χ0n) is 7.50. The summed E-state index contributed by atoms with van der Waals surface area (Å²) in [6, 6.07) is 1.17. The fourth-order valence-corrected chi connectivity index (χ4v) is 3.57. The van der Waals surface area contributed by atoms with Crippen molar-refractivity contribution < 1.29 is 16.8 Å². The van der Waals surface area contributed by atoms with E-state index in [4.69, 9.17) is 10.7 Å². The first kappa shape index (κ1) is 11.0. The molecule has 0 unspecified atom stereocenters. The minimum absolute atomic E-state index is 0.201. The lowest BCUT2D eigenvalue weighted by atomic mass is 10.7. The van der Waals surface area contributed by atoms with Gasteiger partial charge in [0.15, 0.2) is 0 Å². The van der Waals surface area contributed by atoms with E-state index in [9.17, 15) is 16.8 Å². The van der Waals surface area contributed by atoms with Gasteiger partial charge in [0.2, 0.25) is 10.0 Å². The summed E-state index contributed by atoms with van der Waals surface area (Å²) in [5.74, 6) is 0. The van der Waals surface area contributed by atoms with Crippen molar-refractivity contribution in [1.29, 1.82) is 0 Å². The monoisotopic (exact) mass is 269 g/mol. The maximum atomic E-state index is 11.7. The Hall–Kier alpha value is -0.530. The van der Waals surface area contributed by atoms with Gasteiger partial charge in [0, 0.05) is 23.1 Å². The molecule has 0 radical (unpaired) electrons. The second-order valence-electron chi connectivity index (χ2n) is 3.36. The van der Waals surface area contributed by atoms with Crippen LogP contribution >= 0.6 is 10.7 Å². The van der Waals surface area contributed by atoms with Crippen molar-refractivity contribution >= 4 is 29.8 Å². The van der Waals surface area contributed by atoms with Crippen LogP contribution in [0.15, 0.2) is 23.4 Å². The summed E-state index contributed by atoms with van der Waals surface area (Å²) in [7, 11) is -2.19. The summed E-state index contributed by atoms with van der Waals surface area (Å²) >= 11 is 0. The molecule has 1 fully saturated rings.